The van der Waals surface area contributed by atoms with Gasteiger partial charge in [-0.25, -0.2) is 4.98 Å². The van der Waals surface area contributed by atoms with Crippen LogP contribution >= 0.6 is 0 Å². The Morgan fingerprint density at radius 3 is 2.71 bits per heavy atom. The van der Waals surface area contributed by atoms with Gasteiger partial charge in [0.05, 0.1) is 35.2 Å². The van der Waals surface area contributed by atoms with E-state index in [1.807, 2.05) is 24.5 Å². The molecular formula is C17H17N3O. The number of hydrogen-bond acceptors (Lipinski definition) is 3. The summed E-state index contributed by atoms with van der Waals surface area (Å²) in [6.07, 6.45) is 9.11. The van der Waals surface area contributed by atoms with Gasteiger partial charge in [-0.15, -0.1) is 0 Å². The maximum atomic E-state index is 10.8. The van der Waals surface area contributed by atoms with E-state index in [2.05, 4.69) is 39.7 Å². The van der Waals surface area contributed by atoms with Crippen LogP contribution < -0.4 is 0 Å². The predicted molar refractivity (Wildman–Crippen MR) is 83.1 cm³/mol. The average molecular weight is 279 g/mol. The van der Waals surface area contributed by atoms with E-state index in [0.717, 1.165) is 21.9 Å². The number of rotatable bonds is 2. The minimum Gasteiger partial charge on any atom is -0.387 e. The monoisotopic (exact) mass is 279 g/mol. The summed E-state index contributed by atoms with van der Waals surface area (Å²) < 4.78 is 2.09. The quantitative estimate of drug-likeness (QED) is 0.733. The number of nitrogens with zero attached hydrogens (tertiary/aromatic N) is 3. The Hall–Kier alpha value is -2.20. The summed E-state index contributed by atoms with van der Waals surface area (Å²) in [5.41, 5.74) is 2.15. The van der Waals surface area contributed by atoms with Crippen molar-refractivity contribution in [3.05, 3.63) is 48.9 Å². The summed E-state index contributed by atoms with van der Waals surface area (Å²) in [6, 6.07) is 8.02. The highest BCUT2D eigenvalue weighted by Crippen LogP contribution is 2.37. The Kier molecular flexibility index (Phi) is 2.62. The van der Waals surface area contributed by atoms with Crippen LogP contribution in [0.1, 0.15) is 25.8 Å². The maximum absolute atomic E-state index is 10.8. The highest BCUT2D eigenvalue weighted by molar-refractivity contribution is 6.02. The first-order valence-electron chi connectivity index (χ1n) is 7.27. The number of aromatic nitrogens is 3. The van der Waals surface area contributed by atoms with Crippen LogP contribution in [0.5, 0.6) is 0 Å². The summed E-state index contributed by atoms with van der Waals surface area (Å²) >= 11 is 0. The SMILES string of the molecule is C[C@@H](n1cnc2cnc3ccccc3c21)C1(O)CC=CC1. The Bertz CT molecular complexity index is 841. The smallest absolute Gasteiger partial charge is 0.107 e. The molecule has 0 amide bonds. The van der Waals surface area contributed by atoms with E-state index in [1.54, 1.807) is 6.20 Å². The van der Waals surface area contributed by atoms with Crippen molar-refractivity contribution in [1.82, 2.24) is 14.5 Å². The number of benzene rings is 1. The first-order valence-corrected chi connectivity index (χ1v) is 7.27. The van der Waals surface area contributed by atoms with Crippen molar-refractivity contribution in [2.75, 3.05) is 0 Å². The van der Waals surface area contributed by atoms with E-state index in [9.17, 15) is 5.11 Å². The highest BCUT2D eigenvalue weighted by Gasteiger charge is 2.36. The summed E-state index contributed by atoms with van der Waals surface area (Å²) in [5, 5.41) is 11.9. The molecule has 1 aromatic carbocycles. The number of pyridine rings is 1. The molecule has 1 aliphatic rings. The lowest BCUT2D eigenvalue weighted by Crippen LogP contribution is -2.35. The van der Waals surface area contributed by atoms with Crippen molar-refractivity contribution in [2.24, 2.45) is 0 Å². The minimum atomic E-state index is -0.724. The first-order chi connectivity index (χ1) is 10.2. The molecule has 4 rings (SSSR count). The molecule has 3 aromatic rings. The molecule has 1 N–H and O–H groups in total. The van der Waals surface area contributed by atoms with E-state index in [4.69, 9.17) is 0 Å². The van der Waals surface area contributed by atoms with Crippen LogP contribution in [0, 0.1) is 0 Å². The lowest BCUT2D eigenvalue weighted by Gasteiger charge is -2.31. The Balaban J connectivity index is 1.95. The van der Waals surface area contributed by atoms with Gasteiger partial charge in [0.15, 0.2) is 0 Å². The minimum absolute atomic E-state index is 0.0386. The molecule has 2 aromatic heterocycles. The molecule has 0 saturated heterocycles. The van der Waals surface area contributed by atoms with Gasteiger partial charge >= 0.3 is 0 Å². The van der Waals surface area contributed by atoms with Crippen LogP contribution in [0.4, 0.5) is 0 Å². The van der Waals surface area contributed by atoms with Gasteiger partial charge in [-0.2, -0.15) is 0 Å². The third-order valence-corrected chi connectivity index (χ3v) is 4.61. The van der Waals surface area contributed by atoms with Crippen LogP contribution in [0.25, 0.3) is 21.9 Å². The average Bonchev–Trinajstić information content (AvgIpc) is 3.13. The van der Waals surface area contributed by atoms with Gasteiger partial charge in [-0.3, -0.25) is 4.98 Å². The highest BCUT2D eigenvalue weighted by atomic mass is 16.3. The molecule has 0 radical (unpaired) electrons. The van der Waals surface area contributed by atoms with Crippen molar-refractivity contribution in [2.45, 2.75) is 31.4 Å². The fraction of sp³-hybridized carbons (Fsp3) is 0.294. The van der Waals surface area contributed by atoms with Crippen LogP contribution in [0.15, 0.2) is 48.9 Å². The number of hydrogen-bond donors (Lipinski definition) is 1. The van der Waals surface area contributed by atoms with Crippen molar-refractivity contribution < 1.29 is 5.11 Å². The van der Waals surface area contributed by atoms with E-state index in [1.165, 1.54) is 0 Å². The zero-order valence-electron chi connectivity index (χ0n) is 11.9. The lowest BCUT2D eigenvalue weighted by molar-refractivity contribution is 0.00762. The number of fused-ring (bicyclic) bond motifs is 3. The second-order valence-electron chi connectivity index (χ2n) is 5.82. The molecule has 4 nitrogen and oxygen atoms in total. The van der Waals surface area contributed by atoms with Crippen LogP contribution in [-0.4, -0.2) is 25.2 Å². The molecule has 2 heterocycles. The van der Waals surface area contributed by atoms with Gasteiger partial charge in [-0.1, -0.05) is 30.4 Å². The van der Waals surface area contributed by atoms with Gasteiger partial charge in [-0.05, 0) is 25.8 Å². The van der Waals surface area contributed by atoms with Crippen LogP contribution in [0.3, 0.4) is 0 Å². The van der Waals surface area contributed by atoms with Crippen LogP contribution in [0.2, 0.25) is 0 Å². The number of para-hydroxylation sites is 1. The molecule has 1 aliphatic carbocycles. The van der Waals surface area contributed by atoms with Gasteiger partial charge in [0, 0.05) is 5.39 Å². The topological polar surface area (TPSA) is 50.9 Å². The van der Waals surface area contributed by atoms with Crippen molar-refractivity contribution in [3.63, 3.8) is 0 Å². The fourth-order valence-corrected chi connectivity index (χ4v) is 3.22. The van der Waals surface area contributed by atoms with E-state index >= 15 is 0 Å². The second kappa shape index (κ2) is 4.40. The molecule has 0 bridgehead atoms. The third-order valence-electron chi connectivity index (χ3n) is 4.61. The standard InChI is InChI=1S/C17H17N3O/c1-12(17(21)8-4-5-9-17)20-11-19-15-10-18-14-7-3-2-6-13(14)16(15)20/h2-7,10-12,21H,8-9H2,1H3/t12-/m1/s1. The second-order valence-corrected chi connectivity index (χ2v) is 5.82. The molecule has 106 valence electrons. The van der Waals surface area contributed by atoms with E-state index < -0.39 is 5.60 Å². The molecule has 0 unspecified atom stereocenters. The molecule has 0 saturated carbocycles. The zero-order valence-corrected chi connectivity index (χ0v) is 11.9. The van der Waals surface area contributed by atoms with Crippen molar-refractivity contribution in [3.8, 4) is 0 Å². The summed E-state index contributed by atoms with van der Waals surface area (Å²) in [7, 11) is 0. The van der Waals surface area contributed by atoms with E-state index in [-0.39, 0.29) is 6.04 Å². The Morgan fingerprint density at radius 1 is 1.14 bits per heavy atom. The first kappa shape index (κ1) is 12.5. The predicted octanol–water partition coefficient (Wildman–Crippen LogP) is 3.23. The molecule has 0 aliphatic heterocycles. The van der Waals surface area contributed by atoms with Crippen molar-refractivity contribution in [1.29, 1.82) is 0 Å². The molecular weight excluding hydrogens is 262 g/mol. The third kappa shape index (κ3) is 1.79. The fourth-order valence-electron chi connectivity index (χ4n) is 3.22. The maximum Gasteiger partial charge on any atom is 0.107 e. The Labute approximate surface area is 122 Å². The zero-order chi connectivity index (χ0) is 14.4. The summed E-state index contributed by atoms with van der Waals surface area (Å²) in [6.45, 7) is 2.06. The lowest BCUT2D eigenvalue weighted by atomic mass is 9.92. The van der Waals surface area contributed by atoms with Gasteiger partial charge in [0.1, 0.15) is 5.52 Å². The number of aliphatic hydroxyl groups is 1. The largest absolute Gasteiger partial charge is 0.387 e. The van der Waals surface area contributed by atoms with Gasteiger partial charge in [0.25, 0.3) is 0 Å². The molecule has 0 spiro atoms. The van der Waals surface area contributed by atoms with Gasteiger partial charge in [0.2, 0.25) is 0 Å². The molecule has 4 heteroatoms. The Morgan fingerprint density at radius 2 is 1.90 bits per heavy atom. The molecule has 0 fully saturated rings. The summed E-state index contributed by atoms with van der Waals surface area (Å²) in [4.78, 5) is 8.91. The normalized spacial score (nSPS) is 18.6. The van der Waals surface area contributed by atoms with E-state index in [0.29, 0.717) is 12.8 Å². The van der Waals surface area contributed by atoms with Crippen molar-refractivity contribution >= 4 is 21.9 Å². The summed E-state index contributed by atoms with van der Waals surface area (Å²) in [5.74, 6) is 0. The van der Waals surface area contributed by atoms with Gasteiger partial charge < -0.3 is 9.67 Å². The molecule has 21 heavy (non-hydrogen) atoms. The number of imidazole rings is 1. The molecule has 1 atom stereocenters. The van der Waals surface area contributed by atoms with Crippen LogP contribution in [-0.2, 0) is 0 Å².